The van der Waals surface area contributed by atoms with Crippen molar-refractivity contribution in [3.8, 4) is 0 Å². The van der Waals surface area contributed by atoms with Gasteiger partial charge in [-0.3, -0.25) is 4.79 Å². The van der Waals surface area contributed by atoms with E-state index in [-0.39, 0.29) is 0 Å². The van der Waals surface area contributed by atoms with Gasteiger partial charge in [0.05, 0.1) is 0 Å². The lowest BCUT2D eigenvalue weighted by atomic mass is 10.3. The van der Waals surface area contributed by atoms with E-state index in [1.165, 1.54) is 0 Å². The maximum atomic E-state index is 11.5. The van der Waals surface area contributed by atoms with Crippen LogP contribution in [0.4, 0.5) is 13.2 Å². The first-order valence-corrected chi connectivity index (χ1v) is 3.74. The molecule has 0 aromatic heterocycles. The van der Waals surface area contributed by atoms with Gasteiger partial charge in [0.25, 0.3) is 5.78 Å². The van der Waals surface area contributed by atoms with Crippen LogP contribution in [-0.2, 0) is 4.79 Å². The molecule has 0 radical (unpaired) electrons. The molecule has 6 heteroatoms. The van der Waals surface area contributed by atoms with E-state index < -0.39 is 15.2 Å². The van der Waals surface area contributed by atoms with Crippen molar-refractivity contribution in [3.63, 3.8) is 0 Å². The Morgan fingerprint density at radius 2 is 1.60 bits per heavy atom. The maximum absolute atomic E-state index is 11.5. The Hall–Kier alpha value is 0.420. The normalized spacial score (nSPS) is 13.4. The smallest absolute Gasteiger partial charge is 0.287 e. The van der Waals surface area contributed by atoms with Crippen LogP contribution in [0.3, 0.4) is 0 Å². The van der Waals surface area contributed by atoms with Crippen molar-refractivity contribution in [2.45, 2.75) is 16.3 Å². The lowest BCUT2D eigenvalue weighted by molar-refractivity contribution is -0.170. The maximum Gasteiger partial charge on any atom is 0.452 e. The highest BCUT2D eigenvalue weighted by Crippen LogP contribution is 2.34. The summed E-state index contributed by atoms with van der Waals surface area (Å²) in [6, 6.07) is 0. The van der Waals surface area contributed by atoms with Gasteiger partial charge in [0.2, 0.25) is 0 Å². The largest absolute Gasteiger partial charge is 0.452 e. The van der Waals surface area contributed by atoms with E-state index in [9.17, 15) is 18.0 Å². The molecule has 0 atom stereocenters. The first-order valence-electron chi connectivity index (χ1n) is 2.15. The van der Waals surface area contributed by atoms with Crippen LogP contribution in [0.5, 0.6) is 0 Å². The Labute approximate surface area is 72.2 Å². The molecular weight excluding hydrogens is 281 g/mol. The lowest BCUT2D eigenvalue weighted by Gasteiger charge is -2.13. The minimum Gasteiger partial charge on any atom is -0.287 e. The molecule has 0 unspecified atom stereocenters. The highest BCUT2D eigenvalue weighted by molar-refractivity contribution is 9.25. The van der Waals surface area contributed by atoms with E-state index >= 15 is 0 Å². The van der Waals surface area contributed by atoms with Crippen molar-refractivity contribution < 1.29 is 18.0 Å². The minimum absolute atomic E-state index is 1.07. The molecule has 10 heavy (non-hydrogen) atoms. The molecule has 0 fully saturated rings. The van der Waals surface area contributed by atoms with Gasteiger partial charge in [-0.1, -0.05) is 31.9 Å². The number of alkyl halides is 5. The molecule has 0 bridgehead atoms. The molecule has 0 saturated carbocycles. The second kappa shape index (κ2) is 2.81. The van der Waals surface area contributed by atoms with Crippen LogP contribution >= 0.6 is 31.9 Å². The Morgan fingerprint density at radius 1 is 1.30 bits per heavy atom. The molecule has 0 N–H and O–H groups in total. The third-order valence-corrected chi connectivity index (χ3v) is 1.38. The van der Waals surface area contributed by atoms with E-state index in [0.717, 1.165) is 6.92 Å². The van der Waals surface area contributed by atoms with E-state index in [1.54, 1.807) is 0 Å². The van der Waals surface area contributed by atoms with Gasteiger partial charge in [0.1, 0.15) is 3.23 Å². The number of rotatable bonds is 1. The SMILES string of the molecule is CC(Br)(Br)C(=O)C(F)(F)F. The van der Waals surface area contributed by atoms with Crippen molar-refractivity contribution in [2.24, 2.45) is 0 Å². The molecule has 0 aliphatic carbocycles. The molecule has 0 amide bonds. The van der Waals surface area contributed by atoms with Gasteiger partial charge in [-0.05, 0) is 6.92 Å². The van der Waals surface area contributed by atoms with Gasteiger partial charge in [0, 0.05) is 0 Å². The van der Waals surface area contributed by atoms with Crippen LogP contribution < -0.4 is 0 Å². The first kappa shape index (κ1) is 10.4. The van der Waals surface area contributed by atoms with Crippen molar-refractivity contribution in [3.05, 3.63) is 0 Å². The number of halogens is 5. The summed E-state index contributed by atoms with van der Waals surface area (Å²) in [5.74, 6) is -1.85. The van der Waals surface area contributed by atoms with Gasteiger partial charge in [0.15, 0.2) is 0 Å². The van der Waals surface area contributed by atoms with Crippen LogP contribution in [0.15, 0.2) is 0 Å². The van der Waals surface area contributed by atoms with Gasteiger partial charge < -0.3 is 0 Å². The number of Topliss-reactive ketones (excluding diaryl/α,β-unsaturated/α-hetero) is 1. The predicted molar refractivity (Wildman–Crippen MR) is 37.3 cm³/mol. The molecule has 0 aromatic rings. The molecule has 1 nitrogen and oxygen atoms in total. The van der Waals surface area contributed by atoms with Crippen molar-refractivity contribution in [1.29, 1.82) is 0 Å². The Morgan fingerprint density at radius 3 is 1.60 bits per heavy atom. The topological polar surface area (TPSA) is 17.1 Å². The second-order valence-corrected chi connectivity index (χ2v) is 5.95. The zero-order chi connectivity index (χ0) is 8.58. The van der Waals surface area contributed by atoms with Gasteiger partial charge in [-0.2, -0.15) is 13.2 Å². The molecule has 60 valence electrons. The number of carbonyl (C=O) groups is 1. The fourth-order valence-corrected chi connectivity index (χ4v) is 0.698. The van der Waals surface area contributed by atoms with Crippen LogP contribution in [0, 0.1) is 0 Å². The fraction of sp³-hybridized carbons (Fsp3) is 0.750. The van der Waals surface area contributed by atoms with Crippen LogP contribution in [0.2, 0.25) is 0 Å². The molecule has 0 saturated heterocycles. The number of ketones is 1. The van der Waals surface area contributed by atoms with Crippen molar-refractivity contribution in [2.75, 3.05) is 0 Å². The summed E-state index contributed by atoms with van der Waals surface area (Å²) in [6.07, 6.45) is -4.79. The number of hydrogen-bond donors (Lipinski definition) is 0. The van der Waals surface area contributed by atoms with E-state index in [0.29, 0.717) is 0 Å². The lowest BCUT2D eigenvalue weighted by Crippen LogP contribution is -2.35. The first-order chi connectivity index (χ1) is 4.15. The number of hydrogen-bond acceptors (Lipinski definition) is 1. The zero-order valence-electron chi connectivity index (χ0n) is 4.80. The summed E-state index contributed by atoms with van der Waals surface area (Å²) in [6.45, 7) is 1.07. The van der Waals surface area contributed by atoms with E-state index in [2.05, 4.69) is 31.9 Å². The average molecular weight is 284 g/mol. The number of carbonyl (C=O) groups excluding carboxylic acids is 1. The molecule has 0 rings (SSSR count). The minimum atomic E-state index is -4.79. The third-order valence-electron chi connectivity index (χ3n) is 0.656. The molecular formula is C4H3Br2F3O. The molecule has 0 aliphatic rings. The van der Waals surface area contributed by atoms with Gasteiger partial charge in [-0.15, -0.1) is 0 Å². The van der Waals surface area contributed by atoms with Crippen LogP contribution in [0.25, 0.3) is 0 Å². The highest BCUT2D eigenvalue weighted by atomic mass is 79.9. The quantitative estimate of drug-likeness (QED) is 0.676. The standard InChI is InChI=1S/C4H3Br2F3O/c1-3(5,6)2(10)4(7,8)9/h1H3. The Balaban J connectivity index is 4.40. The van der Waals surface area contributed by atoms with Crippen LogP contribution in [-0.4, -0.2) is 15.2 Å². The van der Waals surface area contributed by atoms with Crippen molar-refractivity contribution in [1.82, 2.24) is 0 Å². The Bertz CT molecular complexity index is 130. The molecule has 0 aromatic carbocycles. The second-order valence-electron chi connectivity index (χ2n) is 1.72. The monoisotopic (exact) mass is 282 g/mol. The summed E-state index contributed by atoms with van der Waals surface area (Å²) < 4.78 is 32.9. The molecule has 0 heterocycles. The molecule has 0 aliphatic heterocycles. The summed E-state index contributed by atoms with van der Waals surface area (Å²) in [5.41, 5.74) is 0. The summed E-state index contributed by atoms with van der Waals surface area (Å²) in [4.78, 5) is 10.3. The highest BCUT2D eigenvalue weighted by Gasteiger charge is 2.47. The molecule has 0 spiro atoms. The third kappa shape index (κ3) is 3.01. The van der Waals surface area contributed by atoms with E-state index in [4.69, 9.17) is 0 Å². The van der Waals surface area contributed by atoms with Gasteiger partial charge in [-0.25, -0.2) is 0 Å². The zero-order valence-corrected chi connectivity index (χ0v) is 7.97. The summed E-state index contributed by atoms with van der Waals surface area (Å²) in [5, 5.41) is 0. The summed E-state index contributed by atoms with van der Waals surface area (Å²) in [7, 11) is 0. The average Bonchev–Trinajstić information content (AvgIpc) is 1.59. The van der Waals surface area contributed by atoms with E-state index in [1.807, 2.05) is 0 Å². The van der Waals surface area contributed by atoms with Gasteiger partial charge >= 0.3 is 6.18 Å². The van der Waals surface area contributed by atoms with Crippen LogP contribution in [0.1, 0.15) is 6.92 Å². The predicted octanol–water partition coefficient (Wildman–Crippen LogP) is 2.62. The summed E-state index contributed by atoms with van der Waals surface area (Å²) >= 11 is 5.05. The fourth-order valence-electron chi connectivity index (χ4n) is 0.249. The Kier molecular flexibility index (Phi) is 2.93. The van der Waals surface area contributed by atoms with Crippen molar-refractivity contribution >= 4 is 37.6 Å².